The van der Waals surface area contributed by atoms with Crippen molar-refractivity contribution in [2.75, 3.05) is 32.8 Å². The van der Waals surface area contributed by atoms with Gasteiger partial charge in [-0.2, -0.15) is 0 Å². The standard InChI is InChI=1S/C23H21N3O6S2/c1-15-2-5-17(6-3-15)33-19-7-4-16(12-18(19)26(30)31)13-20-22(28)25(23(29)34-20)14-21(27)24-8-10-32-11-9-24/h2-7,12-13H,8-11,14H2,1H3. The maximum Gasteiger partial charge on any atom is 0.294 e. The Kier molecular flexibility index (Phi) is 7.35. The van der Waals surface area contributed by atoms with Crippen LogP contribution in [0.25, 0.3) is 6.08 Å². The Hall–Kier alpha value is -3.15. The van der Waals surface area contributed by atoms with Crippen molar-refractivity contribution in [3.05, 3.63) is 68.6 Å². The van der Waals surface area contributed by atoms with Crippen LogP contribution >= 0.6 is 23.5 Å². The predicted molar refractivity (Wildman–Crippen MR) is 128 cm³/mol. The highest BCUT2D eigenvalue weighted by Gasteiger charge is 2.37. The summed E-state index contributed by atoms with van der Waals surface area (Å²) in [7, 11) is 0. The van der Waals surface area contributed by atoms with Crippen LogP contribution in [0, 0.1) is 17.0 Å². The Morgan fingerprint density at radius 2 is 1.88 bits per heavy atom. The van der Waals surface area contributed by atoms with Crippen molar-refractivity contribution in [2.24, 2.45) is 0 Å². The van der Waals surface area contributed by atoms with Crippen molar-refractivity contribution in [1.82, 2.24) is 9.80 Å². The molecule has 0 saturated carbocycles. The molecular formula is C23H21N3O6S2. The van der Waals surface area contributed by atoms with Crippen LogP contribution in [0.3, 0.4) is 0 Å². The van der Waals surface area contributed by atoms with E-state index >= 15 is 0 Å². The summed E-state index contributed by atoms with van der Waals surface area (Å²) in [5, 5.41) is 11.1. The molecule has 0 unspecified atom stereocenters. The minimum Gasteiger partial charge on any atom is -0.378 e. The lowest BCUT2D eigenvalue weighted by Crippen LogP contribution is -2.46. The molecule has 0 spiro atoms. The summed E-state index contributed by atoms with van der Waals surface area (Å²) in [4.78, 5) is 52.7. The maximum atomic E-state index is 12.8. The molecule has 2 aliphatic rings. The van der Waals surface area contributed by atoms with E-state index in [9.17, 15) is 24.5 Å². The Morgan fingerprint density at radius 1 is 1.18 bits per heavy atom. The van der Waals surface area contributed by atoms with Crippen molar-refractivity contribution in [3.8, 4) is 0 Å². The van der Waals surface area contributed by atoms with E-state index in [1.807, 2.05) is 31.2 Å². The highest BCUT2D eigenvalue weighted by atomic mass is 32.2. The number of hydrogen-bond donors (Lipinski definition) is 0. The summed E-state index contributed by atoms with van der Waals surface area (Å²) in [5.74, 6) is -0.905. The van der Waals surface area contributed by atoms with E-state index in [4.69, 9.17) is 4.74 Å². The Labute approximate surface area is 204 Å². The first-order chi connectivity index (χ1) is 16.3. The number of hydrogen-bond acceptors (Lipinski definition) is 8. The third-order valence-electron chi connectivity index (χ3n) is 5.26. The number of benzene rings is 2. The Balaban J connectivity index is 1.51. The molecule has 2 heterocycles. The molecule has 34 heavy (non-hydrogen) atoms. The van der Waals surface area contributed by atoms with Gasteiger partial charge in [0.05, 0.1) is 27.9 Å². The Bertz CT molecular complexity index is 1180. The number of thioether (sulfide) groups is 1. The number of nitro groups is 1. The zero-order chi connectivity index (χ0) is 24.2. The molecule has 3 amide bonds. The lowest BCUT2D eigenvalue weighted by Gasteiger charge is -2.28. The number of ether oxygens (including phenoxy) is 1. The van der Waals surface area contributed by atoms with Gasteiger partial charge in [-0.05, 0) is 48.5 Å². The normalized spacial score (nSPS) is 17.5. The molecule has 2 saturated heterocycles. The highest BCUT2D eigenvalue weighted by Crippen LogP contribution is 2.37. The molecule has 0 atom stereocenters. The molecule has 0 radical (unpaired) electrons. The number of carbonyl (C=O) groups is 3. The van der Waals surface area contributed by atoms with Gasteiger partial charge < -0.3 is 9.64 Å². The Morgan fingerprint density at radius 3 is 2.56 bits per heavy atom. The van der Waals surface area contributed by atoms with Gasteiger partial charge in [-0.15, -0.1) is 0 Å². The van der Waals surface area contributed by atoms with E-state index in [1.54, 1.807) is 17.0 Å². The number of nitro benzene ring substituents is 1. The highest BCUT2D eigenvalue weighted by molar-refractivity contribution is 8.18. The van der Waals surface area contributed by atoms with E-state index in [2.05, 4.69) is 0 Å². The molecule has 176 valence electrons. The van der Waals surface area contributed by atoms with Gasteiger partial charge in [-0.3, -0.25) is 29.4 Å². The molecule has 0 N–H and O–H groups in total. The van der Waals surface area contributed by atoms with E-state index in [-0.39, 0.29) is 23.0 Å². The summed E-state index contributed by atoms with van der Waals surface area (Å²) < 4.78 is 5.21. The molecule has 0 aromatic heterocycles. The molecule has 9 nitrogen and oxygen atoms in total. The minimum atomic E-state index is -0.586. The molecule has 2 aliphatic heterocycles. The molecule has 0 bridgehead atoms. The van der Waals surface area contributed by atoms with Crippen molar-refractivity contribution < 1.29 is 24.0 Å². The number of nitrogens with zero attached hydrogens (tertiary/aromatic N) is 3. The molecule has 2 fully saturated rings. The van der Waals surface area contributed by atoms with Gasteiger partial charge in [-0.25, -0.2) is 0 Å². The van der Waals surface area contributed by atoms with E-state index in [0.717, 1.165) is 15.4 Å². The van der Waals surface area contributed by atoms with Crippen LogP contribution in [0.15, 0.2) is 57.2 Å². The molecule has 2 aromatic carbocycles. The summed E-state index contributed by atoms with van der Waals surface area (Å²) in [5.41, 5.74) is 1.42. The van der Waals surface area contributed by atoms with E-state index in [0.29, 0.717) is 48.5 Å². The van der Waals surface area contributed by atoms with Crippen LogP contribution in [-0.4, -0.2) is 64.6 Å². The summed E-state index contributed by atoms with van der Waals surface area (Å²) in [6, 6.07) is 12.3. The molecule has 2 aromatic rings. The maximum absolute atomic E-state index is 12.8. The van der Waals surface area contributed by atoms with Crippen molar-refractivity contribution in [1.29, 1.82) is 0 Å². The zero-order valence-electron chi connectivity index (χ0n) is 18.3. The number of carbonyl (C=O) groups excluding carboxylic acids is 3. The zero-order valence-corrected chi connectivity index (χ0v) is 19.9. The third kappa shape index (κ3) is 5.49. The summed E-state index contributed by atoms with van der Waals surface area (Å²) >= 11 is 1.99. The van der Waals surface area contributed by atoms with E-state index in [1.165, 1.54) is 23.9 Å². The number of aryl methyl sites for hydroxylation is 1. The number of amides is 3. The predicted octanol–water partition coefficient (Wildman–Crippen LogP) is 3.95. The monoisotopic (exact) mass is 499 g/mol. The van der Waals surface area contributed by atoms with Gasteiger partial charge in [0.2, 0.25) is 5.91 Å². The van der Waals surface area contributed by atoms with Crippen LogP contribution < -0.4 is 0 Å². The molecule has 4 rings (SSSR count). The van der Waals surface area contributed by atoms with Crippen LogP contribution in [-0.2, 0) is 14.3 Å². The average Bonchev–Trinajstić information content (AvgIpc) is 3.09. The lowest BCUT2D eigenvalue weighted by atomic mass is 10.2. The average molecular weight is 500 g/mol. The fourth-order valence-corrected chi connectivity index (χ4v) is 5.16. The smallest absolute Gasteiger partial charge is 0.294 e. The second-order valence-corrected chi connectivity index (χ2v) is 9.77. The third-order valence-corrected chi connectivity index (χ3v) is 7.24. The van der Waals surface area contributed by atoms with Crippen LogP contribution in [0.5, 0.6) is 0 Å². The summed E-state index contributed by atoms with van der Waals surface area (Å²) in [6.45, 7) is 3.30. The van der Waals surface area contributed by atoms with Gasteiger partial charge in [0, 0.05) is 24.1 Å². The van der Waals surface area contributed by atoms with Crippen molar-refractivity contribution >= 4 is 52.3 Å². The quantitative estimate of drug-likeness (QED) is 0.334. The van der Waals surface area contributed by atoms with Crippen LogP contribution in [0.4, 0.5) is 10.5 Å². The number of morpholine rings is 1. The molecule has 11 heteroatoms. The SMILES string of the molecule is Cc1ccc(Sc2ccc(C=C3SC(=O)N(CC(=O)N4CCOCC4)C3=O)cc2[N+](=O)[O-])cc1. The topological polar surface area (TPSA) is 110 Å². The summed E-state index contributed by atoms with van der Waals surface area (Å²) in [6.07, 6.45) is 1.44. The first kappa shape index (κ1) is 24.0. The largest absolute Gasteiger partial charge is 0.378 e. The van der Waals surface area contributed by atoms with Crippen molar-refractivity contribution in [2.45, 2.75) is 16.7 Å². The fraction of sp³-hybridized carbons (Fsp3) is 0.261. The van der Waals surface area contributed by atoms with Gasteiger partial charge in [0.25, 0.3) is 16.8 Å². The van der Waals surface area contributed by atoms with E-state index < -0.39 is 16.1 Å². The first-order valence-electron chi connectivity index (χ1n) is 10.5. The molecule has 0 aliphatic carbocycles. The fourth-order valence-electron chi connectivity index (χ4n) is 3.42. The van der Waals surface area contributed by atoms with Crippen molar-refractivity contribution in [3.63, 3.8) is 0 Å². The van der Waals surface area contributed by atoms with Gasteiger partial charge >= 0.3 is 0 Å². The number of rotatable bonds is 6. The van der Waals surface area contributed by atoms with Gasteiger partial charge in [0.15, 0.2) is 0 Å². The minimum absolute atomic E-state index is 0.0963. The second-order valence-electron chi connectivity index (χ2n) is 7.66. The van der Waals surface area contributed by atoms with Gasteiger partial charge in [0.1, 0.15) is 6.54 Å². The second kappa shape index (κ2) is 10.4. The molecular weight excluding hydrogens is 478 g/mol. The van der Waals surface area contributed by atoms with Gasteiger partial charge in [-0.1, -0.05) is 35.5 Å². The lowest BCUT2D eigenvalue weighted by molar-refractivity contribution is -0.387. The van der Waals surface area contributed by atoms with Crippen LogP contribution in [0.2, 0.25) is 0 Å². The number of imide groups is 1. The first-order valence-corrected chi connectivity index (χ1v) is 12.1. The van der Waals surface area contributed by atoms with Crippen LogP contribution in [0.1, 0.15) is 11.1 Å².